The SMILES string of the molecule is CCOC1CC(C)NC(=S)N1. The van der Waals surface area contributed by atoms with Gasteiger partial charge in [0, 0.05) is 19.1 Å². The van der Waals surface area contributed by atoms with Crippen molar-refractivity contribution < 1.29 is 4.74 Å². The Morgan fingerprint density at radius 1 is 1.64 bits per heavy atom. The fourth-order valence-corrected chi connectivity index (χ4v) is 1.49. The van der Waals surface area contributed by atoms with Gasteiger partial charge in [-0.1, -0.05) is 0 Å². The van der Waals surface area contributed by atoms with Crippen LogP contribution < -0.4 is 10.6 Å². The lowest BCUT2D eigenvalue weighted by Gasteiger charge is -2.30. The summed E-state index contributed by atoms with van der Waals surface area (Å²) in [5.41, 5.74) is 0. The lowest BCUT2D eigenvalue weighted by Crippen LogP contribution is -2.54. The third-order valence-corrected chi connectivity index (χ3v) is 1.84. The Kier molecular flexibility index (Phi) is 3.08. The zero-order chi connectivity index (χ0) is 8.27. The van der Waals surface area contributed by atoms with Gasteiger partial charge in [-0.15, -0.1) is 0 Å². The van der Waals surface area contributed by atoms with Crippen LogP contribution in [0, 0.1) is 0 Å². The number of hydrogen-bond donors (Lipinski definition) is 2. The van der Waals surface area contributed by atoms with Crippen LogP contribution in [-0.2, 0) is 4.74 Å². The minimum atomic E-state index is 0.101. The maximum atomic E-state index is 5.39. The topological polar surface area (TPSA) is 33.3 Å². The predicted octanol–water partition coefficient (Wildman–Crippen LogP) is 0.605. The molecule has 1 aliphatic rings. The van der Waals surface area contributed by atoms with Crippen LogP contribution in [0.2, 0.25) is 0 Å². The van der Waals surface area contributed by atoms with Gasteiger partial charge in [0.15, 0.2) is 5.11 Å². The molecule has 0 bridgehead atoms. The summed E-state index contributed by atoms with van der Waals surface area (Å²) in [5.74, 6) is 0. The van der Waals surface area contributed by atoms with Crippen LogP contribution in [0.15, 0.2) is 0 Å². The molecule has 1 heterocycles. The van der Waals surface area contributed by atoms with Gasteiger partial charge in [-0.3, -0.25) is 0 Å². The molecule has 2 unspecified atom stereocenters. The molecule has 1 aliphatic heterocycles. The molecule has 0 spiro atoms. The third-order valence-electron chi connectivity index (χ3n) is 1.61. The van der Waals surface area contributed by atoms with E-state index >= 15 is 0 Å². The second kappa shape index (κ2) is 3.88. The predicted molar refractivity (Wildman–Crippen MR) is 48.4 cm³/mol. The fourth-order valence-electron chi connectivity index (χ4n) is 1.16. The quantitative estimate of drug-likeness (QED) is 0.601. The Labute approximate surface area is 72.5 Å². The van der Waals surface area contributed by atoms with Gasteiger partial charge in [0.2, 0.25) is 0 Å². The largest absolute Gasteiger partial charge is 0.360 e. The highest BCUT2D eigenvalue weighted by Crippen LogP contribution is 2.04. The van der Waals surface area contributed by atoms with E-state index in [0.29, 0.717) is 11.2 Å². The zero-order valence-electron chi connectivity index (χ0n) is 6.89. The summed E-state index contributed by atoms with van der Waals surface area (Å²) in [6.45, 7) is 4.81. The van der Waals surface area contributed by atoms with E-state index in [2.05, 4.69) is 17.6 Å². The molecule has 0 saturated carbocycles. The van der Waals surface area contributed by atoms with Gasteiger partial charge in [0.05, 0.1) is 0 Å². The summed E-state index contributed by atoms with van der Waals surface area (Å²) in [7, 11) is 0. The van der Waals surface area contributed by atoms with E-state index in [9.17, 15) is 0 Å². The van der Waals surface area contributed by atoms with Gasteiger partial charge in [-0.25, -0.2) is 0 Å². The Hall–Kier alpha value is -0.350. The summed E-state index contributed by atoms with van der Waals surface area (Å²) in [6.07, 6.45) is 1.07. The van der Waals surface area contributed by atoms with E-state index < -0.39 is 0 Å². The van der Waals surface area contributed by atoms with Crippen molar-refractivity contribution in [1.29, 1.82) is 0 Å². The molecular formula is C7H14N2OS. The highest BCUT2D eigenvalue weighted by atomic mass is 32.1. The molecule has 0 aromatic heterocycles. The molecule has 1 rings (SSSR count). The molecule has 3 nitrogen and oxygen atoms in total. The summed E-state index contributed by atoms with van der Waals surface area (Å²) in [5, 5.41) is 6.85. The molecular weight excluding hydrogens is 160 g/mol. The number of nitrogens with one attached hydrogen (secondary N) is 2. The molecule has 4 heteroatoms. The number of hydrogen-bond acceptors (Lipinski definition) is 2. The molecule has 64 valence electrons. The Morgan fingerprint density at radius 3 is 2.91 bits per heavy atom. The highest BCUT2D eigenvalue weighted by Gasteiger charge is 2.19. The molecule has 11 heavy (non-hydrogen) atoms. The second-order valence-electron chi connectivity index (χ2n) is 2.70. The van der Waals surface area contributed by atoms with E-state index in [1.165, 1.54) is 0 Å². The first-order chi connectivity index (χ1) is 5.22. The average Bonchev–Trinajstić information content (AvgIpc) is 1.85. The Bertz CT molecular complexity index is 151. The zero-order valence-corrected chi connectivity index (χ0v) is 7.70. The minimum absolute atomic E-state index is 0.101. The summed E-state index contributed by atoms with van der Waals surface area (Å²) < 4.78 is 5.39. The number of rotatable bonds is 2. The first-order valence-electron chi connectivity index (χ1n) is 3.91. The van der Waals surface area contributed by atoms with Crippen molar-refractivity contribution in [3.8, 4) is 0 Å². The monoisotopic (exact) mass is 174 g/mol. The first kappa shape index (κ1) is 8.74. The Morgan fingerprint density at radius 2 is 2.36 bits per heavy atom. The van der Waals surface area contributed by atoms with E-state index in [0.717, 1.165) is 13.0 Å². The molecule has 1 fully saturated rings. The maximum Gasteiger partial charge on any atom is 0.168 e. The summed E-state index contributed by atoms with van der Waals surface area (Å²) >= 11 is 4.97. The van der Waals surface area contributed by atoms with Crippen LogP contribution in [0.4, 0.5) is 0 Å². The standard InChI is InChI=1S/C7H14N2OS/c1-3-10-6-4-5(2)8-7(11)9-6/h5-6H,3-4H2,1-2H3,(H2,8,9,11). The molecule has 0 radical (unpaired) electrons. The van der Waals surface area contributed by atoms with Crippen molar-refractivity contribution in [3.63, 3.8) is 0 Å². The van der Waals surface area contributed by atoms with Gasteiger partial charge in [-0.05, 0) is 26.1 Å². The molecule has 2 atom stereocenters. The lowest BCUT2D eigenvalue weighted by molar-refractivity contribution is 0.0347. The van der Waals surface area contributed by atoms with Crippen molar-refractivity contribution in [2.24, 2.45) is 0 Å². The van der Waals surface area contributed by atoms with E-state index in [1.54, 1.807) is 0 Å². The Balaban J connectivity index is 2.36. The normalized spacial score (nSPS) is 30.9. The van der Waals surface area contributed by atoms with Crippen molar-refractivity contribution in [2.45, 2.75) is 32.5 Å². The number of ether oxygens (including phenoxy) is 1. The molecule has 0 amide bonds. The van der Waals surface area contributed by atoms with Crippen molar-refractivity contribution >= 4 is 17.3 Å². The van der Waals surface area contributed by atoms with Crippen LogP contribution in [-0.4, -0.2) is 24.0 Å². The molecule has 0 aromatic rings. The molecule has 0 aromatic carbocycles. The smallest absolute Gasteiger partial charge is 0.168 e. The highest BCUT2D eigenvalue weighted by molar-refractivity contribution is 7.80. The third kappa shape index (κ3) is 2.63. The summed E-state index contributed by atoms with van der Waals surface area (Å²) in [4.78, 5) is 0. The van der Waals surface area contributed by atoms with Gasteiger partial charge in [0.25, 0.3) is 0 Å². The fraction of sp³-hybridized carbons (Fsp3) is 0.857. The van der Waals surface area contributed by atoms with E-state index in [1.807, 2.05) is 6.92 Å². The van der Waals surface area contributed by atoms with Gasteiger partial charge >= 0.3 is 0 Å². The van der Waals surface area contributed by atoms with Gasteiger partial charge in [0.1, 0.15) is 6.23 Å². The van der Waals surface area contributed by atoms with Crippen LogP contribution >= 0.6 is 12.2 Å². The van der Waals surface area contributed by atoms with E-state index in [-0.39, 0.29) is 6.23 Å². The number of thiocarbonyl (C=S) groups is 1. The first-order valence-corrected chi connectivity index (χ1v) is 4.32. The molecule has 2 N–H and O–H groups in total. The minimum Gasteiger partial charge on any atom is -0.360 e. The van der Waals surface area contributed by atoms with Gasteiger partial charge in [-0.2, -0.15) is 0 Å². The van der Waals surface area contributed by atoms with Crippen LogP contribution in [0.25, 0.3) is 0 Å². The van der Waals surface area contributed by atoms with Crippen LogP contribution in [0.5, 0.6) is 0 Å². The van der Waals surface area contributed by atoms with Crippen molar-refractivity contribution in [3.05, 3.63) is 0 Å². The van der Waals surface area contributed by atoms with Crippen molar-refractivity contribution in [2.75, 3.05) is 6.61 Å². The molecule has 0 aliphatic carbocycles. The second-order valence-corrected chi connectivity index (χ2v) is 3.11. The lowest BCUT2D eigenvalue weighted by atomic mass is 10.2. The summed E-state index contributed by atoms with van der Waals surface area (Å²) in [6, 6.07) is 0.417. The van der Waals surface area contributed by atoms with Crippen LogP contribution in [0.1, 0.15) is 20.3 Å². The van der Waals surface area contributed by atoms with E-state index in [4.69, 9.17) is 17.0 Å². The van der Waals surface area contributed by atoms with Crippen molar-refractivity contribution in [1.82, 2.24) is 10.6 Å². The van der Waals surface area contributed by atoms with Crippen LogP contribution in [0.3, 0.4) is 0 Å². The maximum absolute atomic E-state index is 5.39. The molecule has 1 saturated heterocycles. The van der Waals surface area contributed by atoms with Gasteiger partial charge < -0.3 is 15.4 Å². The average molecular weight is 174 g/mol.